The number of H-pyrrole nitrogens is 1. The molecule has 0 spiro atoms. The van der Waals surface area contributed by atoms with E-state index >= 15 is 0 Å². The standard InChI is InChI=1S/C22H24N6/c1-2-8-19-18(7-1)25-21(26-19)15-28(14-13-27-12-11-23-16-27)20-9-3-5-17-6-4-10-24-22(17)20/h1-3,5,7-9,11-12,16,24H,4,6,10,13-15H2,(H,25,26). The summed E-state index contributed by atoms with van der Waals surface area (Å²) in [4.78, 5) is 14.9. The predicted octanol–water partition coefficient (Wildman–Crippen LogP) is 3.82. The molecule has 4 aromatic rings. The van der Waals surface area contributed by atoms with Gasteiger partial charge in [-0.25, -0.2) is 9.97 Å². The number of anilines is 2. The van der Waals surface area contributed by atoms with Crippen LogP contribution in [-0.2, 0) is 19.5 Å². The predicted molar refractivity (Wildman–Crippen MR) is 113 cm³/mol. The lowest BCUT2D eigenvalue weighted by atomic mass is 10.0. The lowest BCUT2D eigenvalue weighted by Crippen LogP contribution is -2.29. The zero-order valence-corrected chi connectivity index (χ0v) is 15.8. The fourth-order valence-electron chi connectivity index (χ4n) is 3.96. The highest BCUT2D eigenvalue weighted by Crippen LogP contribution is 2.33. The Morgan fingerprint density at radius 2 is 2.07 bits per heavy atom. The second-order valence-electron chi connectivity index (χ2n) is 7.26. The molecule has 0 saturated carbocycles. The van der Waals surface area contributed by atoms with E-state index in [-0.39, 0.29) is 0 Å². The van der Waals surface area contributed by atoms with Crippen LogP contribution in [0.1, 0.15) is 17.8 Å². The van der Waals surface area contributed by atoms with Gasteiger partial charge in [0.2, 0.25) is 0 Å². The van der Waals surface area contributed by atoms with Gasteiger partial charge >= 0.3 is 0 Å². The summed E-state index contributed by atoms with van der Waals surface area (Å²) in [6.45, 7) is 3.53. The molecule has 142 valence electrons. The van der Waals surface area contributed by atoms with Crippen LogP contribution in [0.25, 0.3) is 11.0 Å². The van der Waals surface area contributed by atoms with Crippen LogP contribution in [0.2, 0.25) is 0 Å². The van der Waals surface area contributed by atoms with Crippen molar-refractivity contribution >= 4 is 22.4 Å². The first-order chi connectivity index (χ1) is 13.9. The van der Waals surface area contributed by atoms with Crippen molar-refractivity contribution in [3.8, 4) is 0 Å². The number of aryl methyl sites for hydroxylation is 1. The minimum Gasteiger partial charge on any atom is -0.383 e. The van der Waals surface area contributed by atoms with Crippen LogP contribution in [0.5, 0.6) is 0 Å². The molecule has 5 rings (SSSR count). The maximum absolute atomic E-state index is 4.80. The molecule has 0 fully saturated rings. The molecule has 2 N–H and O–H groups in total. The minimum absolute atomic E-state index is 0.738. The molecule has 1 aliphatic rings. The third kappa shape index (κ3) is 3.33. The molecular weight excluding hydrogens is 348 g/mol. The van der Waals surface area contributed by atoms with Crippen molar-refractivity contribution in [2.75, 3.05) is 23.3 Å². The molecule has 3 heterocycles. The van der Waals surface area contributed by atoms with E-state index in [2.05, 4.69) is 55.1 Å². The van der Waals surface area contributed by atoms with Gasteiger partial charge in [0.1, 0.15) is 5.82 Å². The topological polar surface area (TPSA) is 61.8 Å². The highest BCUT2D eigenvalue weighted by Gasteiger charge is 2.18. The van der Waals surface area contributed by atoms with E-state index in [1.54, 1.807) is 0 Å². The average Bonchev–Trinajstić information content (AvgIpc) is 3.40. The van der Waals surface area contributed by atoms with Crippen LogP contribution < -0.4 is 10.2 Å². The van der Waals surface area contributed by atoms with Gasteiger partial charge in [-0.15, -0.1) is 0 Å². The summed E-state index contributed by atoms with van der Waals surface area (Å²) in [5.41, 5.74) is 6.02. The van der Waals surface area contributed by atoms with Crippen molar-refractivity contribution in [2.45, 2.75) is 25.9 Å². The Kier molecular flexibility index (Phi) is 4.45. The summed E-state index contributed by atoms with van der Waals surface area (Å²) in [5.74, 6) is 0.986. The molecule has 0 radical (unpaired) electrons. The van der Waals surface area contributed by atoms with Gasteiger partial charge < -0.3 is 19.8 Å². The Morgan fingerprint density at radius 3 is 2.96 bits per heavy atom. The highest BCUT2D eigenvalue weighted by molar-refractivity contribution is 5.76. The molecule has 0 saturated heterocycles. The summed E-state index contributed by atoms with van der Waals surface area (Å²) in [6, 6.07) is 14.8. The molecule has 0 amide bonds. The summed E-state index contributed by atoms with van der Waals surface area (Å²) >= 11 is 0. The van der Waals surface area contributed by atoms with Gasteiger partial charge in [-0.1, -0.05) is 24.3 Å². The number of rotatable bonds is 6. The maximum atomic E-state index is 4.80. The Bertz CT molecular complexity index is 1030. The molecule has 6 heteroatoms. The second kappa shape index (κ2) is 7.38. The van der Waals surface area contributed by atoms with Gasteiger partial charge in [0, 0.05) is 32.0 Å². The third-order valence-corrected chi connectivity index (χ3v) is 5.36. The number of aromatic amines is 1. The number of hydrogen-bond donors (Lipinski definition) is 2. The van der Waals surface area contributed by atoms with Crippen molar-refractivity contribution in [2.24, 2.45) is 0 Å². The van der Waals surface area contributed by atoms with Crippen molar-refractivity contribution in [1.82, 2.24) is 19.5 Å². The Morgan fingerprint density at radius 1 is 1.11 bits per heavy atom. The highest BCUT2D eigenvalue weighted by atomic mass is 15.2. The monoisotopic (exact) mass is 372 g/mol. The fourth-order valence-corrected chi connectivity index (χ4v) is 3.96. The molecule has 0 aliphatic carbocycles. The van der Waals surface area contributed by atoms with Gasteiger partial charge in [-0.2, -0.15) is 0 Å². The Labute approximate surface area is 164 Å². The van der Waals surface area contributed by atoms with Gasteiger partial charge in [0.25, 0.3) is 0 Å². The minimum atomic E-state index is 0.738. The number of nitrogens with zero attached hydrogens (tertiary/aromatic N) is 4. The van der Waals surface area contributed by atoms with Crippen LogP contribution in [0.4, 0.5) is 11.4 Å². The summed E-state index contributed by atoms with van der Waals surface area (Å²) < 4.78 is 2.12. The lowest BCUT2D eigenvalue weighted by Gasteiger charge is -2.30. The quantitative estimate of drug-likeness (QED) is 0.540. The number of nitrogens with one attached hydrogen (secondary N) is 2. The molecule has 2 aromatic carbocycles. The zero-order valence-electron chi connectivity index (χ0n) is 15.8. The Balaban J connectivity index is 1.47. The van der Waals surface area contributed by atoms with E-state index in [1.807, 2.05) is 30.9 Å². The van der Waals surface area contributed by atoms with E-state index < -0.39 is 0 Å². The van der Waals surface area contributed by atoms with Crippen molar-refractivity contribution in [3.63, 3.8) is 0 Å². The van der Waals surface area contributed by atoms with E-state index in [0.29, 0.717) is 0 Å². The maximum Gasteiger partial charge on any atom is 0.126 e. The number of benzene rings is 2. The zero-order chi connectivity index (χ0) is 18.8. The SMILES string of the molecule is c1cc2c(c(N(CCn3ccnc3)Cc3nc4ccccc4[nH]3)c1)NCCC2. The van der Waals surface area contributed by atoms with E-state index in [9.17, 15) is 0 Å². The second-order valence-corrected chi connectivity index (χ2v) is 7.26. The number of fused-ring (bicyclic) bond motifs is 2. The van der Waals surface area contributed by atoms with Gasteiger partial charge in [-0.3, -0.25) is 0 Å². The van der Waals surface area contributed by atoms with Crippen LogP contribution in [0.3, 0.4) is 0 Å². The van der Waals surface area contributed by atoms with Gasteiger partial charge in [-0.05, 0) is 36.6 Å². The molecular formula is C22H24N6. The largest absolute Gasteiger partial charge is 0.383 e. The molecule has 0 unspecified atom stereocenters. The third-order valence-electron chi connectivity index (χ3n) is 5.36. The first kappa shape index (κ1) is 16.9. The molecule has 1 aliphatic heterocycles. The molecule has 6 nitrogen and oxygen atoms in total. The van der Waals surface area contributed by atoms with E-state index in [0.717, 1.165) is 49.5 Å². The molecule has 0 bridgehead atoms. The fraction of sp³-hybridized carbons (Fsp3) is 0.273. The average molecular weight is 372 g/mol. The number of para-hydroxylation sites is 3. The first-order valence-electron chi connectivity index (χ1n) is 9.87. The van der Waals surface area contributed by atoms with Gasteiger partial charge in [0.15, 0.2) is 0 Å². The smallest absolute Gasteiger partial charge is 0.126 e. The number of imidazole rings is 2. The van der Waals surface area contributed by atoms with E-state index in [4.69, 9.17) is 4.98 Å². The van der Waals surface area contributed by atoms with E-state index in [1.165, 1.54) is 23.4 Å². The van der Waals surface area contributed by atoms with Crippen molar-refractivity contribution in [3.05, 3.63) is 72.6 Å². The van der Waals surface area contributed by atoms with Crippen molar-refractivity contribution in [1.29, 1.82) is 0 Å². The number of aromatic nitrogens is 4. The van der Waals surface area contributed by atoms with Crippen LogP contribution in [0, 0.1) is 0 Å². The van der Waals surface area contributed by atoms with Crippen LogP contribution in [0.15, 0.2) is 61.2 Å². The lowest BCUT2D eigenvalue weighted by molar-refractivity contribution is 0.646. The Hall–Kier alpha value is -3.28. The first-order valence-corrected chi connectivity index (χ1v) is 9.87. The van der Waals surface area contributed by atoms with Crippen LogP contribution in [-0.4, -0.2) is 32.6 Å². The normalized spacial score (nSPS) is 13.3. The molecule has 28 heavy (non-hydrogen) atoms. The van der Waals surface area contributed by atoms with Crippen LogP contribution >= 0.6 is 0 Å². The molecule has 2 aromatic heterocycles. The van der Waals surface area contributed by atoms with Crippen molar-refractivity contribution < 1.29 is 0 Å². The summed E-state index contributed by atoms with van der Waals surface area (Å²) in [6.07, 6.45) is 8.04. The molecule has 0 atom stereocenters. The summed E-state index contributed by atoms with van der Waals surface area (Å²) in [5, 5.41) is 3.63. The van der Waals surface area contributed by atoms with Gasteiger partial charge in [0.05, 0.1) is 35.3 Å². The summed E-state index contributed by atoms with van der Waals surface area (Å²) in [7, 11) is 0. The number of hydrogen-bond acceptors (Lipinski definition) is 4.